The summed E-state index contributed by atoms with van der Waals surface area (Å²) in [6, 6.07) is 8.70. The van der Waals surface area contributed by atoms with Crippen LogP contribution in [0.2, 0.25) is 0 Å². The van der Waals surface area contributed by atoms with Crippen LogP contribution in [-0.4, -0.2) is 42.5 Å². The Morgan fingerprint density at radius 3 is 2.34 bits per heavy atom. The molecule has 2 amide bonds. The molecule has 0 bridgehead atoms. The number of benzene rings is 2. The largest absolute Gasteiger partial charge is 0.484 e. The van der Waals surface area contributed by atoms with Crippen LogP contribution in [0.25, 0.3) is 0 Å². The number of nitrogens with one attached hydrogen (secondary N) is 1. The molecule has 8 heteroatoms. The number of carbonyl (C=O) groups is 2. The van der Waals surface area contributed by atoms with Gasteiger partial charge in [0.1, 0.15) is 5.75 Å². The van der Waals surface area contributed by atoms with Gasteiger partial charge in [-0.3, -0.25) is 9.59 Å². The molecule has 3 rings (SSSR count). The van der Waals surface area contributed by atoms with Crippen LogP contribution in [-0.2, 0) is 4.79 Å². The van der Waals surface area contributed by atoms with Gasteiger partial charge in [0.05, 0.1) is 5.56 Å². The van der Waals surface area contributed by atoms with Crippen molar-refractivity contribution in [3.8, 4) is 5.75 Å². The van der Waals surface area contributed by atoms with Crippen LogP contribution in [0, 0.1) is 24.4 Å². The molecule has 0 radical (unpaired) electrons. The molecule has 1 aliphatic rings. The van der Waals surface area contributed by atoms with Gasteiger partial charge in [-0.1, -0.05) is 17.7 Å². The van der Waals surface area contributed by atoms with Crippen molar-refractivity contribution in [1.82, 2.24) is 10.2 Å². The highest BCUT2D eigenvalue weighted by Crippen LogP contribution is 2.17. The van der Waals surface area contributed by atoms with Crippen molar-refractivity contribution < 1.29 is 27.5 Å². The van der Waals surface area contributed by atoms with E-state index in [-0.39, 0.29) is 18.6 Å². The Balaban J connectivity index is 1.47. The van der Waals surface area contributed by atoms with E-state index in [0.717, 1.165) is 11.6 Å². The smallest absolute Gasteiger partial charge is 0.260 e. The highest BCUT2D eigenvalue weighted by atomic mass is 19.2. The molecule has 29 heavy (non-hydrogen) atoms. The first-order chi connectivity index (χ1) is 13.8. The third kappa shape index (κ3) is 5.07. The average molecular weight is 406 g/mol. The van der Waals surface area contributed by atoms with Crippen LogP contribution in [0.3, 0.4) is 0 Å². The quantitative estimate of drug-likeness (QED) is 0.776. The topological polar surface area (TPSA) is 58.6 Å². The first kappa shape index (κ1) is 20.7. The van der Waals surface area contributed by atoms with Gasteiger partial charge in [-0.15, -0.1) is 0 Å². The van der Waals surface area contributed by atoms with Crippen molar-refractivity contribution in [3.05, 3.63) is 65.0 Å². The second-order valence-electron chi connectivity index (χ2n) is 6.95. The first-order valence-electron chi connectivity index (χ1n) is 9.26. The SMILES string of the molecule is Cc1ccc(OCC(=O)N2CCC(NC(=O)c3ccc(F)c(F)c3F)CC2)cc1. The lowest BCUT2D eigenvalue weighted by molar-refractivity contribution is -0.134. The predicted octanol–water partition coefficient (Wildman–Crippen LogP) is 3.21. The fraction of sp³-hybridized carbons (Fsp3) is 0.333. The van der Waals surface area contributed by atoms with Crippen molar-refractivity contribution in [2.24, 2.45) is 0 Å². The van der Waals surface area contributed by atoms with Gasteiger partial charge in [0.2, 0.25) is 0 Å². The minimum Gasteiger partial charge on any atom is -0.484 e. The lowest BCUT2D eigenvalue weighted by Gasteiger charge is -2.32. The standard InChI is InChI=1S/C21H21F3N2O3/c1-13-2-4-15(5-3-13)29-12-18(27)26-10-8-14(9-11-26)25-21(28)16-6-7-17(22)20(24)19(16)23/h2-7,14H,8-12H2,1H3,(H,25,28). The number of ether oxygens (including phenoxy) is 1. The monoisotopic (exact) mass is 406 g/mol. The minimum atomic E-state index is -1.67. The molecule has 2 aromatic rings. The molecule has 1 aliphatic heterocycles. The Hall–Kier alpha value is -3.03. The summed E-state index contributed by atoms with van der Waals surface area (Å²) in [5.74, 6) is -4.90. The summed E-state index contributed by atoms with van der Waals surface area (Å²) in [5, 5.41) is 2.61. The molecule has 0 atom stereocenters. The van der Waals surface area contributed by atoms with E-state index in [2.05, 4.69) is 5.32 Å². The fourth-order valence-corrected chi connectivity index (χ4v) is 3.11. The van der Waals surface area contributed by atoms with E-state index in [9.17, 15) is 22.8 Å². The highest BCUT2D eigenvalue weighted by Gasteiger charge is 2.26. The van der Waals surface area contributed by atoms with Crippen LogP contribution in [0.1, 0.15) is 28.8 Å². The number of nitrogens with zero attached hydrogens (tertiary/aromatic N) is 1. The van der Waals surface area contributed by atoms with Gasteiger partial charge in [-0.05, 0) is 44.0 Å². The molecule has 0 spiro atoms. The lowest BCUT2D eigenvalue weighted by Crippen LogP contribution is -2.47. The number of rotatable bonds is 5. The van der Waals surface area contributed by atoms with Gasteiger partial charge < -0.3 is 15.0 Å². The number of amides is 2. The molecule has 154 valence electrons. The number of carbonyl (C=O) groups excluding carboxylic acids is 2. The Morgan fingerprint density at radius 1 is 1.03 bits per heavy atom. The van der Waals surface area contributed by atoms with Gasteiger partial charge in [-0.25, -0.2) is 13.2 Å². The molecule has 1 saturated heterocycles. The van der Waals surface area contributed by atoms with Gasteiger partial charge in [0.25, 0.3) is 11.8 Å². The Labute approximate surface area is 166 Å². The molecule has 1 fully saturated rings. The maximum absolute atomic E-state index is 13.7. The Bertz CT molecular complexity index is 895. The van der Waals surface area contributed by atoms with Crippen molar-refractivity contribution in [1.29, 1.82) is 0 Å². The molecular formula is C21H21F3N2O3. The molecule has 0 aromatic heterocycles. The van der Waals surface area contributed by atoms with Crippen LogP contribution in [0.4, 0.5) is 13.2 Å². The summed E-state index contributed by atoms with van der Waals surface area (Å²) >= 11 is 0. The number of aryl methyl sites for hydroxylation is 1. The van der Waals surface area contributed by atoms with Crippen molar-refractivity contribution in [2.75, 3.05) is 19.7 Å². The highest BCUT2D eigenvalue weighted by molar-refractivity contribution is 5.94. The number of piperidine rings is 1. The van der Waals surface area contributed by atoms with Crippen molar-refractivity contribution in [2.45, 2.75) is 25.8 Å². The third-order valence-corrected chi connectivity index (χ3v) is 4.85. The minimum absolute atomic E-state index is 0.0832. The first-order valence-corrected chi connectivity index (χ1v) is 9.26. The molecule has 2 aromatic carbocycles. The Kier molecular flexibility index (Phi) is 6.41. The van der Waals surface area contributed by atoms with Crippen LogP contribution < -0.4 is 10.1 Å². The normalized spacial score (nSPS) is 14.6. The van der Waals surface area contributed by atoms with Crippen LogP contribution in [0.5, 0.6) is 5.75 Å². The number of likely N-dealkylation sites (tertiary alicyclic amines) is 1. The van der Waals surface area contributed by atoms with E-state index in [1.54, 1.807) is 17.0 Å². The van der Waals surface area contributed by atoms with Crippen LogP contribution >= 0.6 is 0 Å². The van der Waals surface area contributed by atoms with Gasteiger partial charge in [-0.2, -0.15) is 0 Å². The zero-order valence-corrected chi connectivity index (χ0v) is 15.9. The zero-order chi connectivity index (χ0) is 21.0. The summed E-state index contributed by atoms with van der Waals surface area (Å²) in [4.78, 5) is 26.1. The summed E-state index contributed by atoms with van der Waals surface area (Å²) < 4.78 is 45.5. The average Bonchev–Trinajstić information content (AvgIpc) is 2.72. The maximum atomic E-state index is 13.7. The van der Waals surface area contributed by atoms with Crippen molar-refractivity contribution in [3.63, 3.8) is 0 Å². The second kappa shape index (κ2) is 8.98. The second-order valence-corrected chi connectivity index (χ2v) is 6.95. The number of hydrogen-bond donors (Lipinski definition) is 1. The third-order valence-electron chi connectivity index (χ3n) is 4.85. The predicted molar refractivity (Wildman–Crippen MR) is 100 cm³/mol. The maximum Gasteiger partial charge on any atom is 0.260 e. The lowest BCUT2D eigenvalue weighted by atomic mass is 10.0. The molecular weight excluding hydrogens is 385 g/mol. The van der Waals surface area contributed by atoms with Crippen molar-refractivity contribution >= 4 is 11.8 Å². The summed E-state index contributed by atoms with van der Waals surface area (Å²) in [7, 11) is 0. The molecule has 0 unspecified atom stereocenters. The van der Waals surface area contributed by atoms with Crippen LogP contribution in [0.15, 0.2) is 36.4 Å². The summed E-state index contributed by atoms with van der Waals surface area (Å²) in [5.41, 5.74) is 0.546. The summed E-state index contributed by atoms with van der Waals surface area (Å²) in [6.07, 6.45) is 0.931. The van der Waals surface area contributed by atoms with E-state index < -0.39 is 28.9 Å². The molecule has 0 aliphatic carbocycles. The van der Waals surface area contributed by atoms with E-state index in [0.29, 0.717) is 37.7 Å². The molecule has 0 saturated carbocycles. The fourth-order valence-electron chi connectivity index (χ4n) is 3.11. The molecule has 5 nitrogen and oxygen atoms in total. The Morgan fingerprint density at radius 2 is 1.69 bits per heavy atom. The van der Waals surface area contributed by atoms with E-state index in [1.165, 1.54) is 0 Å². The number of hydrogen-bond acceptors (Lipinski definition) is 3. The van der Waals surface area contributed by atoms with Gasteiger partial charge in [0, 0.05) is 19.1 Å². The van der Waals surface area contributed by atoms with E-state index >= 15 is 0 Å². The summed E-state index contributed by atoms with van der Waals surface area (Å²) in [6.45, 7) is 2.68. The number of halogens is 3. The van der Waals surface area contributed by atoms with E-state index in [1.807, 2.05) is 19.1 Å². The van der Waals surface area contributed by atoms with Gasteiger partial charge >= 0.3 is 0 Å². The van der Waals surface area contributed by atoms with E-state index in [4.69, 9.17) is 4.74 Å². The zero-order valence-electron chi connectivity index (χ0n) is 15.9. The molecule has 1 N–H and O–H groups in total. The molecule has 1 heterocycles. The van der Waals surface area contributed by atoms with Gasteiger partial charge in [0.15, 0.2) is 24.1 Å².